The Morgan fingerprint density at radius 3 is 1.42 bits per heavy atom. The van der Waals surface area contributed by atoms with Gasteiger partial charge in [0, 0.05) is 17.1 Å². The average molecular weight is 653 g/mol. The first kappa shape index (κ1) is 34.6. The number of hydrogen-bond acceptors (Lipinski definition) is 0. The molecule has 0 aliphatic heterocycles. The summed E-state index contributed by atoms with van der Waals surface area (Å²) in [7, 11) is -0.672. The fourth-order valence-electron chi connectivity index (χ4n) is 8.48. The fourth-order valence-corrected chi connectivity index (χ4v) is 17.4. The molecule has 3 atom stereocenters. The maximum absolute atomic E-state index is 2.63. The molecule has 0 amide bonds. The van der Waals surface area contributed by atoms with E-state index in [9.17, 15) is 0 Å². The maximum atomic E-state index is 2.63. The van der Waals surface area contributed by atoms with E-state index in [0.717, 1.165) is 17.2 Å². The molecular weight excluding hydrogens is 598 g/mol. The molecule has 0 heterocycles. The second kappa shape index (κ2) is 14.9. The van der Waals surface area contributed by atoms with Crippen LogP contribution in [0.3, 0.4) is 0 Å². The summed E-state index contributed by atoms with van der Waals surface area (Å²) in [6.45, 7) is 17.6. The van der Waals surface area contributed by atoms with Gasteiger partial charge in [-0.3, -0.25) is 0 Å². The Kier molecular flexibility index (Phi) is 12.0. The molecule has 0 radical (unpaired) electrons. The Morgan fingerprint density at radius 2 is 0.977 bits per heavy atom. The van der Waals surface area contributed by atoms with E-state index in [1.807, 2.05) is 0 Å². The molecule has 0 N–H and O–H groups in total. The molecule has 6 rings (SSSR count). The van der Waals surface area contributed by atoms with Crippen LogP contribution < -0.4 is 10.6 Å². The van der Waals surface area contributed by atoms with Crippen molar-refractivity contribution in [3.8, 4) is 0 Å². The van der Waals surface area contributed by atoms with Crippen molar-refractivity contribution in [1.29, 1.82) is 0 Å². The quantitative estimate of drug-likeness (QED) is 0.149. The van der Waals surface area contributed by atoms with Crippen LogP contribution in [0, 0.1) is 5.92 Å². The number of fused-ring (bicyclic) bond motifs is 2. The maximum Gasteiger partial charge on any atom is 0 e. The second-order valence-corrected chi connectivity index (χ2v) is 21.4. The standard InChI is InChI=1S/C35H44P2.C5H10.Fe/c1-25(37(34(2,3)4)35(5,6)7)28-21-14-24-31(28)36(32-22-12-17-26-15-8-10-19-29(26)32)33-23-13-18-27-16-9-11-20-30(27)33;1-2-4-5-3-1;/h8-13,15-20,22-23,25,28,31H,14,21,24H2,1-7H3;1-5H2;. The minimum Gasteiger partial charge on any atom is -0.0924 e. The van der Waals surface area contributed by atoms with E-state index >= 15 is 0 Å². The third kappa shape index (κ3) is 7.96. The van der Waals surface area contributed by atoms with Gasteiger partial charge >= 0.3 is 0 Å². The number of benzene rings is 4. The van der Waals surface area contributed by atoms with Gasteiger partial charge in [-0.1, -0.05) is 180 Å². The van der Waals surface area contributed by atoms with Crippen LogP contribution in [0.2, 0.25) is 0 Å². The minimum atomic E-state index is -0.509. The van der Waals surface area contributed by atoms with Crippen LogP contribution in [-0.4, -0.2) is 21.6 Å². The summed E-state index contributed by atoms with van der Waals surface area (Å²) in [6, 6.07) is 32.3. The summed E-state index contributed by atoms with van der Waals surface area (Å²) < 4.78 is 0. The summed E-state index contributed by atoms with van der Waals surface area (Å²) in [4.78, 5) is 0. The second-order valence-electron chi connectivity index (χ2n) is 14.7. The van der Waals surface area contributed by atoms with Gasteiger partial charge in [0.25, 0.3) is 0 Å². The molecule has 2 aliphatic rings. The van der Waals surface area contributed by atoms with Gasteiger partial charge in [0.05, 0.1) is 0 Å². The number of hydrogen-bond donors (Lipinski definition) is 0. The topological polar surface area (TPSA) is 0 Å². The molecule has 0 nitrogen and oxygen atoms in total. The monoisotopic (exact) mass is 652 g/mol. The van der Waals surface area contributed by atoms with Gasteiger partial charge in [-0.25, -0.2) is 0 Å². The van der Waals surface area contributed by atoms with Crippen molar-refractivity contribution in [1.82, 2.24) is 0 Å². The van der Waals surface area contributed by atoms with E-state index in [2.05, 4.69) is 133 Å². The van der Waals surface area contributed by atoms with Gasteiger partial charge < -0.3 is 0 Å². The fraction of sp³-hybridized carbons (Fsp3) is 0.500. The van der Waals surface area contributed by atoms with Gasteiger partial charge in [-0.2, -0.15) is 0 Å². The van der Waals surface area contributed by atoms with Crippen LogP contribution in [0.25, 0.3) is 21.5 Å². The third-order valence-corrected chi connectivity index (χ3v) is 16.8. The normalized spacial score (nSPS) is 19.8. The zero-order valence-electron chi connectivity index (χ0n) is 27.7. The minimum absolute atomic E-state index is 0. The largest absolute Gasteiger partial charge is 0.0924 e. The molecule has 4 aromatic rings. The van der Waals surface area contributed by atoms with Gasteiger partial charge in [-0.05, 0) is 80.5 Å². The molecule has 3 unspecified atom stereocenters. The molecule has 0 bridgehead atoms. The number of rotatable bonds is 5. The Morgan fingerprint density at radius 1 is 0.558 bits per heavy atom. The van der Waals surface area contributed by atoms with Crippen LogP contribution in [0.5, 0.6) is 0 Å². The van der Waals surface area contributed by atoms with Gasteiger partial charge in [0.2, 0.25) is 0 Å². The Bertz CT molecular complexity index is 1350. The first-order valence-corrected chi connectivity index (χ1v) is 19.4. The molecule has 2 aliphatic carbocycles. The van der Waals surface area contributed by atoms with Crippen LogP contribution in [-0.2, 0) is 17.1 Å². The molecule has 4 aromatic carbocycles. The molecule has 2 fully saturated rings. The van der Waals surface area contributed by atoms with Crippen LogP contribution in [0.15, 0.2) is 84.9 Å². The van der Waals surface area contributed by atoms with E-state index in [1.165, 1.54) is 72.9 Å². The SMILES string of the molecule is C1CCCC1.CC(C1CCCC1P(c1cccc2ccccc12)c1cccc2ccccc12)P(C(C)(C)C)C(C)(C)C.[Fe]. The molecule has 2 saturated carbocycles. The molecule has 0 saturated heterocycles. The van der Waals surface area contributed by atoms with E-state index in [0.29, 0.717) is 10.3 Å². The summed E-state index contributed by atoms with van der Waals surface area (Å²) >= 11 is 0. The summed E-state index contributed by atoms with van der Waals surface area (Å²) in [5, 5.41) is 9.54. The van der Waals surface area contributed by atoms with E-state index in [-0.39, 0.29) is 25.0 Å². The Balaban J connectivity index is 0.000000641. The molecule has 0 spiro atoms. The zero-order chi connectivity index (χ0) is 29.9. The first-order chi connectivity index (χ1) is 20.1. The summed E-state index contributed by atoms with van der Waals surface area (Å²) in [6.07, 6.45) is 11.6. The third-order valence-electron chi connectivity index (χ3n) is 9.64. The van der Waals surface area contributed by atoms with Crippen molar-refractivity contribution in [3.63, 3.8) is 0 Å². The van der Waals surface area contributed by atoms with Crippen LogP contribution in [0.4, 0.5) is 0 Å². The molecule has 232 valence electrons. The summed E-state index contributed by atoms with van der Waals surface area (Å²) in [5.74, 6) is 0.772. The van der Waals surface area contributed by atoms with Gasteiger partial charge in [0.15, 0.2) is 0 Å². The predicted molar refractivity (Wildman–Crippen MR) is 194 cm³/mol. The van der Waals surface area contributed by atoms with Crippen molar-refractivity contribution in [2.75, 3.05) is 0 Å². The Hall–Kier alpha value is -1.22. The Labute approximate surface area is 276 Å². The van der Waals surface area contributed by atoms with Crippen molar-refractivity contribution in [2.45, 2.75) is 121 Å². The zero-order valence-corrected chi connectivity index (χ0v) is 30.6. The van der Waals surface area contributed by atoms with Crippen molar-refractivity contribution in [3.05, 3.63) is 84.9 Å². The van der Waals surface area contributed by atoms with E-state index < -0.39 is 7.92 Å². The van der Waals surface area contributed by atoms with Crippen molar-refractivity contribution >= 4 is 48.0 Å². The van der Waals surface area contributed by atoms with E-state index in [4.69, 9.17) is 0 Å². The predicted octanol–water partition coefficient (Wildman–Crippen LogP) is 12.0. The molecule has 43 heavy (non-hydrogen) atoms. The van der Waals surface area contributed by atoms with Gasteiger partial charge in [0.1, 0.15) is 0 Å². The molecule has 0 aromatic heterocycles. The first-order valence-electron chi connectivity index (χ1n) is 16.6. The molecule has 3 heteroatoms. The average Bonchev–Trinajstić information content (AvgIpc) is 3.68. The van der Waals surface area contributed by atoms with Crippen LogP contribution in [0.1, 0.15) is 99.8 Å². The van der Waals surface area contributed by atoms with Crippen LogP contribution >= 0.6 is 15.8 Å². The van der Waals surface area contributed by atoms with Gasteiger partial charge in [-0.15, -0.1) is 0 Å². The van der Waals surface area contributed by atoms with E-state index in [1.54, 1.807) is 10.6 Å². The molecular formula is C40H54FeP2. The van der Waals surface area contributed by atoms with Crippen molar-refractivity contribution in [2.24, 2.45) is 5.92 Å². The van der Waals surface area contributed by atoms with Crippen molar-refractivity contribution < 1.29 is 17.1 Å². The smallest absolute Gasteiger partial charge is 0 e. The summed E-state index contributed by atoms with van der Waals surface area (Å²) in [5.41, 5.74) is 1.47.